The number of nitrogens with zero attached hydrogens (tertiary/aromatic N) is 1. The van der Waals surface area contributed by atoms with Crippen LogP contribution in [0, 0.1) is 0 Å². The fraction of sp³-hybridized carbons (Fsp3) is 0.438. The van der Waals surface area contributed by atoms with E-state index >= 15 is 0 Å². The van der Waals surface area contributed by atoms with Crippen molar-refractivity contribution < 1.29 is 18.1 Å². The first-order valence-corrected chi connectivity index (χ1v) is 9.67. The molecule has 1 aromatic rings. The Balaban J connectivity index is 1.98. The molecule has 0 unspecified atom stereocenters. The van der Waals surface area contributed by atoms with Crippen LogP contribution in [0.1, 0.15) is 6.92 Å². The summed E-state index contributed by atoms with van der Waals surface area (Å²) in [5, 5.41) is 3.28. The quantitative estimate of drug-likeness (QED) is 0.686. The molecular weight excluding hydrogens is 350 g/mol. The SMILES string of the molecule is C=CCNC(=O)[C@H](C)[NH+]1CCN(S(=O)(=O)c2ccc(Cl)cc2)CC1. The van der Waals surface area contributed by atoms with Crippen LogP contribution in [0.15, 0.2) is 41.8 Å². The van der Waals surface area contributed by atoms with Crippen molar-refractivity contribution in [3.05, 3.63) is 41.9 Å². The highest BCUT2D eigenvalue weighted by Gasteiger charge is 2.34. The van der Waals surface area contributed by atoms with E-state index in [0.717, 1.165) is 4.90 Å². The third-order valence-electron chi connectivity index (χ3n) is 4.24. The van der Waals surface area contributed by atoms with Crippen LogP contribution in [0.4, 0.5) is 0 Å². The number of benzene rings is 1. The molecule has 1 atom stereocenters. The van der Waals surface area contributed by atoms with E-state index < -0.39 is 10.0 Å². The molecule has 2 N–H and O–H groups in total. The number of hydrogen-bond acceptors (Lipinski definition) is 3. The molecule has 1 amide bonds. The van der Waals surface area contributed by atoms with Gasteiger partial charge in [0, 0.05) is 11.6 Å². The summed E-state index contributed by atoms with van der Waals surface area (Å²) in [6.45, 7) is 7.83. The minimum absolute atomic E-state index is 0.0427. The molecule has 0 saturated carbocycles. The maximum atomic E-state index is 12.6. The maximum absolute atomic E-state index is 12.6. The fourth-order valence-electron chi connectivity index (χ4n) is 2.71. The second-order valence-corrected chi connectivity index (χ2v) is 8.15. The van der Waals surface area contributed by atoms with Crippen LogP contribution in [0.25, 0.3) is 0 Å². The van der Waals surface area contributed by atoms with E-state index in [1.165, 1.54) is 16.4 Å². The van der Waals surface area contributed by atoms with Gasteiger partial charge in [0.05, 0.1) is 31.1 Å². The van der Waals surface area contributed by atoms with E-state index in [4.69, 9.17) is 11.6 Å². The molecule has 132 valence electrons. The van der Waals surface area contributed by atoms with Gasteiger partial charge in [-0.05, 0) is 31.2 Å². The predicted molar refractivity (Wildman–Crippen MR) is 93.6 cm³/mol. The lowest BCUT2D eigenvalue weighted by molar-refractivity contribution is -0.917. The standard InChI is InChI=1S/C16H22ClN3O3S/c1-3-8-18-16(21)13(2)19-9-11-20(12-10-19)24(22,23)15-6-4-14(17)5-7-15/h3-7,13H,1,8-12H2,2H3,(H,18,21)/p+1/t13-/m0/s1. The fourth-order valence-corrected chi connectivity index (χ4v) is 4.28. The molecular formula is C16H23ClN3O3S+. The number of sulfonamides is 1. The molecule has 8 heteroatoms. The summed E-state index contributed by atoms with van der Waals surface area (Å²) in [5.41, 5.74) is 0. The van der Waals surface area contributed by atoms with E-state index in [-0.39, 0.29) is 16.8 Å². The first kappa shape index (κ1) is 18.9. The molecule has 0 radical (unpaired) electrons. The monoisotopic (exact) mass is 372 g/mol. The number of carbonyl (C=O) groups excluding carboxylic acids is 1. The second kappa shape index (κ2) is 8.11. The van der Waals surface area contributed by atoms with Crippen molar-refractivity contribution in [2.45, 2.75) is 17.9 Å². The highest BCUT2D eigenvalue weighted by atomic mass is 35.5. The molecule has 2 rings (SSSR count). The van der Waals surface area contributed by atoms with Crippen molar-refractivity contribution >= 4 is 27.5 Å². The smallest absolute Gasteiger partial charge is 0.278 e. The zero-order chi connectivity index (χ0) is 17.7. The van der Waals surface area contributed by atoms with Crippen LogP contribution in [0.5, 0.6) is 0 Å². The molecule has 1 aliphatic heterocycles. The summed E-state index contributed by atoms with van der Waals surface area (Å²) in [6.07, 6.45) is 1.64. The van der Waals surface area contributed by atoms with Gasteiger partial charge in [0.1, 0.15) is 0 Å². The second-order valence-electron chi connectivity index (χ2n) is 5.77. The van der Waals surface area contributed by atoms with Gasteiger partial charge < -0.3 is 10.2 Å². The largest absolute Gasteiger partial charge is 0.347 e. The molecule has 1 heterocycles. The predicted octanol–water partition coefficient (Wildman–Crippen LogP) is -0.0801. The van der Waals surface area contributed by atoms with Gasteiger partial charge in [-0.1, -0.05) is 17.7 Å². The normalized spacial score (nSPS) is 18.1. The van der Waals surface area contributed by atoms with E-state index in [1.54, 1.807) is 18.2 Å². The molecule has 1 aliphatic rings. The first-order chi connectivity index (χ1) is 11.4. The number of amides is 1. The number of carbonyl (C=O) groups is 1. The number of quaternary nitrogens is 1. The zero-order valence-corrected chi connectivity index (χ0v) is 15.2. The van der Waals surface area contributed by atoms with Crippen molar-refractivity contribution in [3.8, 4) is 0 Å². The number of halogens is 1. The summed E-state index contributed by atoms with van der Waals surface area (Å²) in [6, 6.07) is 5.96. The Morgan fingerprint density at radius 3 is 2.50 bits per heavy atom. The van der Waals surface area contributed by atoms with Crippen LogP contribution in [-0.2, 0) is 14.8 Å². The summed E-state index contributed by atoms with van der Waals surface area (Å²) in [4.78, 5) is 13.3. The third-order valence-corrected chi connectivity index (χ3v) is 6.41. The van der Waals surface area contributed by atoms with Crippen LogP contribution < -0.4 is 10.2 Å². The first-order valence-electron chi connectivity index (χ1n) is 7.85. The lowest BCUT2D eigenvalue weighted by atomic mass is 10.2. The summed E-state index contributed by atoms with van der Waals surface area (Å²) in [7, 11) is -3.51. The molecule has 0 aromatic heterocycles. The average Bonchev–Trinajstić information content (AvgIpc) is 2.59. The van der Waals surface area contributed by atoms with Gasteiger partial charge in [-0.2, -0.15) is 4.31 Å². The van der Waals surface area contributed by atoms with Crippen molar-refractivity contribution in [3.63, 3.8) is 0 Å². The molecule has 0 spiro atoms. The van der Waals surface area contributed by atoms with Gasteiger partial charge >= 0.3 is 0 Å². The van der Waals surface area contributed by atoms with Crippen LogP contribution in [0.3, 0.4) is 0 Å². The number of nitrogens with one attached hydrogen (secondary N) is 2. The van der Waals surface area contributed by atoms with E-state index in [9.17, 15) is 13.2 Å². The molecule has 0 aliphatic carbocycles. The van der Waals surface area contributed by atoms with Gasteiger partial charge in [-0.3, -0.25) is 4.79 Å². The van der Waals surface area contributed by atoms with Crippen molar-refractivity contribution in [2.75, 3.05) is 32.7 Å². The van der Waals surface area contributed by atoms with Gasteiger partial charge in [0.15, 0.2) is 6.04 Å². The van der Waals surface area contributed by atoms with Gasteiger partial charge in [-0.25, -0.2) is 8.42 Å². The number of rotatable bonds is 6. The minimum atomic E-state index is -3.51. The van der Waals surface area contributed by atoms with Crippen molar-refractivity contribution in [1.82, 2.24) is 9.62 Å². The molecule has 1 saturated heterocycles. The van der Waals surface area contributed by atoms with Crippen LogP contribution in [-0.4, -0.2) is 57.4 Å². The molecule has 24 heavy (non-hydrogen) atoms. The minimum Gasteiger partial charge on any atom is -0.347 e. The van der Waals surface area contributed by atoms with Crippen LogP contribution >= 0.6 is 11.6 Å². The van der Waals surface area contributed by atoms with E-state index in [2.05, 4.69) is 11.9 Å². The highest BCUT2D eigenvalue weighted by molar-refractivity contribution is 7.89. The Labute approximate surface area is 148 Å². The van der Waals surface area contributed by atoms with Crippen molar-refractivity contribution in [2.24, 2.45) is 0 Å². The Hall–Kier alpha value is -1.41. The summed E-state index contributed by atoms with van der Waals surface area (Å²) >= 11 is 5.81. The summed E-state index contributed by atoms with van der Waals surface area (Å²) < 4.78 is 26.7. The highest BCUT2D eigenvalue weighted by Crippen LogP contribution is 2.18. The number of hydrogen-bond donors (Lipinski definition) is 2. The molecule has 1 fully saturated rings. The topological polar surface area (TPSA) is 70.9 Å². The zero-order valence-electron chi connectivity index (χ0n) is 13.7. The molecule has 6 nitrogen and oxygen atoms in total. The number of piperazine rings is 1. The van der Waals surface area contributed by atoms with Crippen molar-refractivity contribution in [1.29, 1.82) is 0 Å². The van der Waals surface area contributed by atoms with Gasteiger partial charge in [-0.15, -0.1) is 6.58 Å². The molecule has 1 aromatic carbocycles. The Morgan fingerprint density at radius 2 is 1.96 bits per heavy atom. The third kappa shape index (κ3) is 4.36. The van der Waals surface area contributed by atoms with Gasteiger partial charge in [0.25, 0.3) is 5.91 Å². The summed E-state index contributed by atoms with van der Waals surface area (Å²) in [5.74, 6) is -0.0427. The maximum Gasteiger partial charge on any atom is 0.278 e. The molecule has 0 bridgehead atoms. The lowest BCUT2D eigenvalue weighted by Gasteiger charge is -2.34. The lowest BCUT2D eigenvalue weighted by Crippen LogP contribution is -3.19. The Bertz CT molecular complexity index is 683. The average molecular weight is 373 g/mol. The Morgan fingerprint density at radius 1 is 1.38 bits per heavy atom. The van der Waals surface area contributed by atoms with Gasteiger partial charge in [0.2, 0.25) is 10.0 Å². The van der Waals surface area contributed by atoms with E-state index in [1.807, 2.05) is 6.92 Å². The van der Waals surface area contributed by atoms with Crippen LogP contribution in [0.2, 0.25) is 5.02 Å². The Kier molecular flexibility index (Phi) is 6.40. The van der Waals surface area contributed by atoms with E-state index in [0.29, 0.717) is 37.7 Å².